The van der Waals surface area contributed by atoms with Gasteiger partial charge in [0.2, 0.25) is 5.91 Å². The average molecular weight is 395 g/mol. The van der Waals surface area contributed by atoms with E-state index in [1.807, 2.05) is 30.3 Å². The fourth-order valence-electron chi connectivity index (χ4n) is 3.24. The van der Waals surface area contributed by atoms with E-state index in [4.69, 9.17) is 4.74 Å². The van der Waals surface area contributed by atoms with Gasteiger partial charge in [-0.3, -0.25) is 9.59 Å². The normalized spacial score (nSPS) is 12.6. The Labute approximate surface area is 172 Å². The van der Waals surface area contributed by atoms with Gasteiger partial charge in [-0.2, -0.15) is 0 Å². The number of hydrogen-bond donors (Lipinski definition) is 1. The van der Waals surface area contributed by atoms with Gasteiger partial charge in [-0.05, 0) is 36.5 Å². The smallest absolute Gasteiger partial charge is 0.308 e. The second kappa shape index (κ2) is 11.8. The van der Waals surface area contributed by atoms with Crippen LogP contribution in [0.15, 0.2) is 54.6 Å². The third-order valence-corrected chi connectivity index (χ3v) is 4.72. The molecule has 0 fully saturated rings. The lowest BCUT2D eigenvalue weighted by molar-refractivity contribution is -0.148. The quantitative estimate of drug-likeness (QED) is 0.462. The lowest BCUT2D eigenvalue weighted by Crippen LogP contribution is -2.38. The Balaban J connectivity index is 2.07. The molecule has 0 aliphatic rings. The Hall–Kier alpha value is -2.95. The molecule has 2 aromatic rings. The maximum Gasteiger partial charge on any atom is 0.308 e. The van der Waals surface area contributed by atoms with E-state index in [1.54, 1.807) is 13.8 Å². The van der Waals surface area contributed by atoms with Crippen molar-refractivity contribution in [2.24, 2.45) is 5.92 Å². The Morgan fingerprint density at radius 1 is 1.03 bits per heavy atom. The van der Waals surface area contributed by atoms with Crippen molar-refractivity contribution >= 4 is 18.2 Å². The molecule has 0 saturated carbocycles. The van der Waals surface area contributed by atoms with E-state index in [2.05, 4.69) is 29.6 Å². The average Bonchev–Trinajstić information content (AvgIpc) is 2.73. The lowest BCUT2D eigenvalue weighted by Gasteiger charge is -2.22. The van der Waals surface area contributed by atoms with Crippen LogP contribution in [0.25, 0.3) is 11.1 Å². The number of amides is 1. The van der Waals surface area contributed by atoms with E-state index in [0.29, 0.717) is 19.4 Å². The van der Waals surface area contributed by atoms with E-state index in [0.717, 1.165) is 23.0 Å². The fraction of sp³-hybridized carbons (Fsp3) is 0.375. The molecule has 2 aromatic carbocycles. The second-order valence-corrected chi connectivity index (χ2v) is 7.13. The van der Waals surface area contributed by atoms with E-state index in [1.165, 1.54) is 0 Å². The van der Waals surface area contributed by atoms with Gasteiger partial charge >= 0.3 is 5.97 Å². The summed E-state index contributed by atoms with van der Waals surface area (Å²) in [5.41, 5.74) is 3.34. The number of aldehydes is 1. The molecule has 0 heterocycles. The minimum absolute atomic E-state index is 0.154. The topological polar surface area (TPSA) is 72.5 Å². The number of hydrogen-bond acceptors (Lipinski definition) is 4. The summed E-state index contributed by atoms with van der Waals surface area (Å²) in [5.74, 6) is -0.770. The van der Waals surface area contributed by atoms with Crippen molar-refractivity contribution in [3.63, 3.8) is 0 Å². The van der Waals surface area contributed by atoms with Crippen molar-refractivity contribution in [3.05, 3.63) is 60.2 Å². The molecule has 2 rings (SSSR count). The van der Waals surface area contributed by atoms with E-state index in [-0.39, 0.29) is 36.7 Å². The highest BCUT2D eigenvalue weighted by Gasteiger charge is 2.21. The highest BCUT2D eigenvalue weighted by Crippen LogP contribution is 2.21. The molecule has 2 atom stereocenters. The number of rotatable bonds is 11. The largest absolute Gasteiger partial charge is 0.466 e. The highest BCUT2D eigenvalue weighted by molar-refractivity contribution is 5.78. The predicted octanol–water partition coefficient (Wildman–Crippen LogP) is 3.95. The maximum atomic E-state index is 12.1. The van der Waals surface area contributed by atoms with Crippen LogP contribution in [0.3, 0.4) is 0 Å². The molecule has 0 bridgehead atoms. The summed E-state index contributed by atoms with van der Waals surface area (Å²) in [6.07, 6.45) is 2.16. The summed E-state index contributed by atoms with van der Waals surface area (Å²) in [5, 5.41) is 2.97. The number of carbonyl (C=O) groups excluding carboxylic acids is 3. The summed E-state index contributed by atoms with van der Waals surface area (Å²) in [6, 6.07) is 18.1. The van der Waals surface area contributed by atoms with Crippen LogP contribution in [0, 0.1) is 5.92 Å². The molecule has 1 N–H and O–H groups in total. The molecule has 1 amide bonds. The van der Waals surface area contributed by atoms with E-state index >= 15 is 0 Å². The van der Waals surface area contributed by atoms with Gasteiger partial charge in [0.25, 0.3) is 0 Å². The monoisotopic (exact) mass is 395 g/mol. The zero-order valence-electron chi connectivity index (χ0n) is 17.1. The molecule has 2 unspecified atom stereocenters. The van der Waals surface area contributed by atoms with Crippen molar-refractivity contribution in [2.45, 2.75) is 45.6 Å². The standard InChI is InChI=1S/C24H29NO4/c1-3-29-24(28)18(2)16-22(25-23(27)10-7-15-26)17-19-11-13-21(14-12-19)20-8-5-4-6-9-20/h4-6,8-9,11-15,18,22H,3,7,10,16-17H2,1-2H3,(H,25,27). The Kier molecular flexibility index (Phi) is 9.09. The first-order chi connectivity index (χ1) is 14.0. The molecule has 0 spiro atoms. The molecular formula is C24H29NO4. The summed E-state index contributed by atoms with van der Waals surface area (Å²) in [4.78, 5) is 34.7. The zero-order chi connectivity index (χ0) is 21.1. The first kappa shape index (κ1) is 22.3. The Morgan fingerprint density at radius 2 is 1.69 bits per heavy atom. The van der Waals surface area contributed by atoms with Crippen molar-refractivity contribution in [2.75, 3.05) is 6.61 Å². The van der Waals surface area contributed by atoms with Crippen molar-refractivity contribution in [3.8, 4) is 11.1 Å². The van der Waals surface area contributed by atoms with Crippen LogP contribution < -0.4 is 5.32 Å². The van der Waals surface area contributed by atoms with Gasteiger partial charge in [-0.1, -0.05) is 61.5 Å². The molecular weight excluding hydrogens is 366 g/mol. The van der Waals surface area contributed by atoms with Gasteiger partial charge in [-0.15, -0.1) is 0 Å². The molecule has 154 valence electrons. The third-order valence-electron chi connectivity index (χ3n) is 4.72. The summed E-state index contributed by atoms with van der Waals surface area (Å²) in [6.45, 7) is 3.92. The molecule has 0 aromatic heterocycles. The summed E-state index contributed by atoms with van der Waals surface area (Å²) < 4.78 is 5.09. The van der Waals surface area contributed by atoms with Crippen LogP contribution >= 0.6 is 0 Å². The molecule has 0 aliphatic heterocycles. The number of esters is 1. The summed E-state index contributed by atoms with van der Waals surface area (Å²) >= 11 is 0. The second-order valence-electron chi connectivity index (χ2n) is 7.13. The van der Waals surface area contributed by atoms with Crippen LogP contribution in [0.1, 0.15) is 38.7 Å². The van der Waals surface area contributed by atoms with Gasteiger partial charge in [0.15, 0.2) is 0 Å². The molecule has 5 nitrogen and oxygen atoms in total. The van der Waals surface area contributed by atoms with Gasteiger partial charge in [0, 0.05) is 18.9 Å². The van der Waals surface area contributed by atoms with Crippen molar-refractivity contribution in [1.29, 1.82) is 0 Å². The van der Waals surface area contributed by atoms with Gasteiger partial charge in [0.05, 0.1) is 12.5 Å². The minimum atomic E-state index is -0.324. The first-order valence-electron chi connectivity index (χ1n) is 10.1. The van der Waals surface area contributed by atoms with Crippen LogP contribution in [-0.2, 0) is 25.5 Å². The van der Waals surface area contributed by atoms with Gasteiger partial charge < -0.3 is 14.8 Å². The van der Waals surface area contributed by atoms with Gasteiger partial charge in [0.1, 0.15) is 6.29 Å². The van der Waals surface area contributed by atoms with Gasteiger partial charge in [-0.25, -0.2) is 0 Å². The fourth-order valence-corrected chi connectivity index (χ4v) is 3.24. The van der Waals surface area contributed by atoms with Crippen molar-refractivity contribution < 1.29 is 19.1 Å². The van der Waals surface area contributed by atoms with E-state index in [9.17, 15) is 14.4 Å². The number of ether oxygens (including phenoxy) is 1. The minimum Gasteiger partial charge on any atom is -0.466 e. The van der Waals surface area contributed by atoms with Crippen LogP contribution in [-0.4, -0.2) is 30.8 Å². The summed E-state index contributed by atoms with van der Waals surface area (Å²) in [7, 11) is 0. The number of nitrogens with one attached hydrogen (secondary N) is 1. The molecule has 29 heavy (non-hydrogen) atoms. The first-order valence-corrected chi connectivity index (χ1v) is 10.1. The van der Waals surface area contributed by atoms with E-state index < -0.39 is 0 Å². The SMILES string of the molecule is CCOC(=O)C(C)CC(Cc1ccc(-c2ccccc2)cc1)NC(=O)CCC=O. The lowest BCUT2D eigenvalue weighted by atomic mass is 9.94. The molecule has 5 heteroatoms. The van der Waals surface area contributed by atoms with Crippen LogP contribution in [0.5, 0.6) is 0 Å². The number of carbonyl (C=O) groups is 3. The molecule has 0 saturated heterocycles. The van der Waals surface area contributed by atoms with Crippen molar-refractivity contribution in [1.82, 2.24) is 5.32 Å². The zero-order valence-corrected chi connectivity index (χ0v) is 17.1. The highest BCUT2D eigenvalue weighted by atomic mass is 16.5. The third kappa shape index (κ3) is 7.53. The van der Waals surface area contributed by atoms with Crippen LogP contribution in [0.4, 0.5) is 0 Å². The maximum absolute atomic E-state index is 12.1. The Morgan fingerprint density at radius 3 is 2.31 bits per heavy atom. The Bertz CT molecular complexity index is 786. The molecule has 0 radical (unpaired) electrons. The number of benzene rings is 2. The molecule has 0 aliphatic carbocycles. The van der Waals surface area contributed by atoms with Crippen LogP contribution in [0.2, 0.25) is 0 Å². The predicted molar refractivity (Wildman–Crippen MR) is 113 cm³/mol.